The molecule has 5 nitrogen and oxygen atoms in total. The quantitative estimate of drug-likeness (QED) is 0.633. The molecule has 1 aromatic carbocycles. The summed E-state index contributed by atoms with van der Waals surface area (Å²) in [5.41, 5.74) is 1.31. The molecule has 1 aromatic rings. The van der Waals surface area contributed by atoms with Crippen LogP contribution in [0.4, 0.5) is 0 Å². The number of benzene rings is 1. The molecular formula is C14H18N2O3S. The van der Waals surface area contributed by atoms with E-state index >= 15 is 0 Å². The van der Waals surface area contributed by atoms with E-state index in [1.807, 2.05) is 6.07 Å². The standard InChI is InChI=1S/C14H18N2O3S/c1-20(17,18)19-16-15-14-9-7-13(11-14,8-10-14)12-5-3-2-4-6-12/h2-6H,7-11H2,1H3. The molecule has 0 heterocycles. The van der Waals surface area contributed by atoms with E-state index in [0.29, 0.717) is 0 Å². The Morgan fingerprint density at radius 3 is 2.35 bits per heavy atom. The van der Waals surface area contributed by atoms with Crippen LogP contribution < -0.4 is 0 Å². The Labute approximate surface area is 119 Å². The molecule has 0 saturated heterocycles. The van der Waals surface area contributed by atoms with Crippen LogP contribution in [0.2, 0.25) is 0 Å². The summed E-state index contributed by atoms with van der Waals surface area (Å²) < 4.78 is 26.2. The Hall–Kier alpha value is -1.43. The molecule has 0 amide bonds. The lowest BCUT2D eigenvalue weighted by molar-refractivity contribution is 0.274. The van der Waals surface area contributed by atoms with Gasteiger partial charge < -0.3 is 0 Å². The van der Waals surface area contributed by atoms with E-state index in [-0.39, 0.29) is 11.0 Å². The summed E-state index contributed by atoms with van der Waals surface area (Å²) in [4.78, 5) is 0. The summed E-state index contributed by atoms with van der Waals surface area (Å²) >= 11 is 0. The molecule has 0 unspecified atom stereocenters. The van der Waals surface area contributed by atoms with E-state index in [1.165, 1.54) is 5.56 Å². The van der Waals surface area contributed by atoms with Gasteiger partial charge in [0.2, 0.25) is 0 Å². The van der Waals surface area contributed by atoms with E-state index in [1.54, 1.807) is 0 Å². The van der Waals surface area contributed by atoms with Crippen molar-refractivity contribution in [2.75, 3.05) is 6.26 Å². The predicted molar refractivity (Wildman–Crippen MR) is 74.7 cm³/mol. The van der Waals surface area contributed by atoms with Gasteiger partial charge >= 0.3 is 10.1 Å². The average molecular weight is 294 g/mol. The van der Waals surface area contributed by atoms with E-state index in [9.17, 15) is 8.42 Å². The number of nitrogens with zero attached hydrogens (tertiary/aromatic N) is 2. The van der Waals surface area contributed by atoms with Crippen LogP contribution in [0.15, 0.2) is 40.7 Å². The highest BCUT2D eigenvalue weighted by Crippen LogP contribution is 2.59. The molecule has 3 rings (SSSR count). The van der Waals surface area contributed by atoms with Gasteiger partial charge in [0, 0.05) is 5.28 Å². The van der Waals surface area contributed by atoms with Crippen LogP contribution in [-0.2, 0) is 19.8 Å². The summed E-state index contributed by atoms with van der Waals surface area (Å²) in [6, 6.07) is 10.5. The summed E-state index contributed by atoms with van der Waals surface area (Å²) in [5, 5.41) is 7.65. The molecule has 6 heteroatoms. The average Bonchev–Trinajstić information content (AvgIpc) is 2.95. The lowest BCUT2D eigenvalue weighted by atomic mass is 9.78. The van der Waals surface area contributed by atoms with E-state index in [4.69, 9.17) is 0 Å². The second-order valence-electron chi connectivity index (χ2n) is 6.01. The zero-order valence-corrected chi connectivity index (χ0v) is 12.3. The Bertz CT molecular complexity index is 617. The molecule has 0 spiro atoms. The van der Waals surface area contributed by atoms with Crippen molar-refractivity contribution < 1.29 is 12.7 Å². The van der Waals surface area contributed by atoms with Gasteiger partial charge in [0.25, 0.3) is 0 Å². The van der Waals surface area contributed by atoms with Gasteiger partial charge in [-0.25, -0.2) is 4.28 Å². The van der Waals surface area contributed by atoms with Gasteiger partial charge in [-0.2, -0.15) is 8.42 Å². The molecule has 2 aliphatic carbocycles. The highest BCUT2D eigenvalue weighted by molar-refractivity contribution is 7.85. The van der Waals surface area contributed by atoms with Crippen LogP contribution in [0.3, 0.4) is 0 Å². The maximum atomic E-state index is 10.9. The SMILES string of the molecule is CS(=O)(=O)ON=NC12CCC(c3ccccc3)(CC1)C2. The van der Waals surface area contributed by atoms with Crippen molar-refractivity contribution in [1.82, 2.24) is 0 Å². The maximum Gasteiger partial charge on any atom is 0.327 e. The largest absolute Gasteiger partial charge is 0.327 e. The fraction of sp³-hybridized carbons (Fsp3) is 0.571. The number of hydrogen-bond acceptors (Lipinski definition) is 5. The number of hydrogen-bond donors (Lipinski definition) is 0. The molecule has 2 fully saturated rings. The first-order valence-corrected chi connectivity index (χ1v) is 8.61. The molecule has 2 aliphatic rings. The lowest BCUT2D eigenvalue weighted by Gasteiger charge is -2.26. The van der Waals surface area contributed by atoms with E-state index < -0.39 is 10.1 Å². The molecule has 2 bridgehead atoms. The Kier molecular flexibility index (Phi) is 3.08. The van der Waals surface area contributed by atoms with Gasteiger partial charge in [0.05, 0.1) is 11.8 Å². The smallest absolute Gasteiger partial charge is 0.249 e. The molecule has 0 aliphatic heterocycles. The number of rotatable bonds is 4. The lowest BCUT2D eigenvalue weighted by Crippen LogP contribution is -2.19. The van der Waals surface area contributed by atoms with Crippen molar-refractivity contribution in [2.24, 2.45) is 10.4 Å². The van der Waals surface area contributed by atoms with Crippen molar-refractivity contribution in [2.45, 2.75) is 43.1 Å². The first-order chi connectivity index (χ1) is 9.43. The topological polar surface area (TPSA) is 68.1 Å². The fourth-order valence-corrected chi connectivity index (χ4v) is 3.81. The molecule has 20 heavy (non-hydrogen) atoms. The normalized spacial score (nSPS) is 32.9. The van der Waals surface area contributed by atoms with Crippen molar-refractivity contribution in [3.8, 4) is 0 Å². The molecular weight excluding hydrogens is 276 g/mol. The number of fused-ring (bicyclic) bond motifs is 2. The van der Waals surface area contributed by atoms with Gasteiger partial charge in [-0.05, 0) is 43.1 Å². The van der Waals surface area contributed by atoms with Crippen molar-refractivity contribution >= 4 is 10.1 Å². The predicted octanol–water partition coefficient (Wildman–Crippen LogP) is 2.98. The van der Waals surface area contributed by atoms with Crippen molar-refractivity contribution in [3.63, 3.8) is 0 Å². The van der Waals surface area contributed by atoms with Crippen LogP contribution in [0.5, 0.6) is 0 Å². The summed E-state index contributed by atoms with van der Waals surface area (Å²) in [6.45, 7) is 0. The minimum atomic E-state index is -3.57. The molecule has 108 valence electrons. The molecule has 0 atom stereocenters. The molecule has 2 saturated carbocycles. The monoisotopic (exact) mass is 294 g/mol. The maximum absolute atomic E-state index is 10.9. The third-order valence-corrected chi connectivity index (χ3v) is 4.95. The van der Waals surface area contributed by atoms with E-state index in [2.05, 4.69) is 38.9 Å². The Balaban J connectivity index is 1.78. The van der Waals surface area contributed by atoms with E-state index in [0.717, 1.165) is 38.4 Å². The van der Waals surface area contributed by atoms with Gasteiger partial charge in [0.1, 0.15) is 0 Å². The highest BCUT2D eigenvalue weighted by atomic mass is 32.2. The molecule has 0 radical (unpaired) electrons. The minimum Gasteiger partial charge on any atom is -0.249 e. The van der Waals surface area contributed by atoms with Crippen LogP contribution >= 0.6 is 0 Å². The second kappa shape index (κ2) is 4.55. The summed E-state index contributed by atoms with van der Waals surface area (Å²) in [7, 11) is -3.57. The molecule has 0 N–H and O–H groups in total. The second-order valence-corrected chi connectivity index (χ2v) is 7.57. The van der Waals surface area contributed by atoms with Crippen molar-refractivity contribution in [1.29, 1.82) is 0 Å². The Morgan fingerprint density at radius 1 is 1.10 bits per heavy atom. The van der Waals surface area contributed by atoms with Gasteiger partial charge in [-0.3, -0.25) is 0 Å². The van der Waals surface area contributed by atoms with Gasteiger partial charge in [-0.15, -0.1) is 5.11 Å². The summed E-state index contributed by atoms with van der Waals surface area (Å²) in [5.74, 6) is 0. The Morgan fingerprint density at radius 2 is 1.75 bits per heavy atom. The first-order valence-electron chi connectivity index (χ1n) is 6.80. The zero-order valence-electron chi connectivity index (χ0n) is 11.4. The summed E-state index contributed by atoms with van der Waals surface area (Å²) in [6.07, 6.45) is 5.95. The van der Waals surface area contributed by atoms with Crippen LogP contribution in [0.1, 0.15) is 37.7 Å². The minimum absolute atomic E-state index is 0.186. The van der Waals surface area contributed by atoms with Gasteiger partial charge in [-0.1, -0.05) is 30.3 Å². The van der Waals surface area contributed by atoms with Gasteiger partial charge in [0.15, 0.2) is 0 Å². The third-order valence-electron chi connectivity index (χ3n) is 4.61. The molecule has 0 aromatic heterocycles. The van der Waals surface area contributed by atoms with Crippen molar-refractivity contribution in [3.05, 3.63) is 35.9 Å². The third kappa shape index (κ3) is 2.44. The van der Waals surface area contributed by atoms with Crippen LogP contribution in [0, 0.1) is 0 Å². The highest BCUT2D eigenvalue weighted by Gasteiger charge is 2.55. The van der Waals surface area contributed by atoms with Crippen LogP contribution in [-0.4, -0.2) is 20.2 Å². The fourth-order valence-electron chi connectivity index (χ4n) is 3.66. The first kappa shape index (κ1) is 13.5. The van der Waals surface area contributed by atoms with Crippen LogP contribution in [0.25, 0.3) is 0 Å². The zero-order chi connectivity index (χ0) is 14.3.